The van der Waals surface area contributed by atoms with Crippen LogP contribution in [0, 0.1) is 0 Å². The Labute approximate surface area is 131 Å². The first kappa shape index (κ1) is 15.7. The van der Waals surface area contributed by atoms with Crippen LogP contribution in [-0.2, 0) is 9.53 Å². The molecule has 6 heteroatoms. The third-order valence-corrected chi connectivity index (χ3v) is 3.55. The number of benzene rings is 1. The predicted octanol–water partition coefficient (Wildman–Crippen LogP) is 4.47. The van der Waals surface area contributed by atoms with Gasteiger partial charge in [0.05, 0.1) is 22.2 Å². The van der Waals surface area contributed by atoms with Gasteiger partial charge in [-0.2, -0.15) is 0 Å². The fourth-order valence-electron chi connectivity index (χ4n) is 1.13. The Morgan fingerprint density at radius 3 is 2.39 bits per heavy atom. The monoisotopic (exact) mass is 440 g/mol. The molecule has 3 nitrogen and oxygen atoms in total. The molecule has 0 amide bonds. The molecule has 0 atom stereocenters. The van der Waals surface area contributed by atoms with Gasteiger partial charge in [0.25, 0.3) is 0 Å². The van der Waals surface area contributed by atoms with Gasteiger partial charge in [0.15, 0.2) is 0 Å². The Morgan fingerprint density at radius 2 is 1.83 bits per heavy atom. The maximum absolute atomic E-state index is 10.8. The molecule has 0 heterocycles. The van der Waals surface area contributed by atoms with Crippen molar-refractivity contribution < 1.29 is 14.3 Å². The lowest BCUT2D eigenvalue weighted by Crippen LogP contribution is -2.07. The second kappa shape index (κ2) is 7.96. The number of ether oxygens (including phenoxy) is 2. The van der Waals surface area contributed by atoms with Gasteiger partial charge in [0.2, 0.25) is 0 Å². The van der Waals surface area contributed by atoms with E-state index in [2.05, 4.69) is 54.4 Å². The summed E-state index contributed by atoms with van der Waals surface area (Å²) in [5, 5.41) is 0. The Kier molecular flexibility index (Phi) is 6.96. The number of carbonyl (C=O) groups is 1. The van der Waals surface area contributed by atoms with E-state index in [1.165, 1.54) is 0 Å². The summed E-state index contributed by atoms with van der Waals surface area (Å²) in [6.45, 7) is 4.09. The molecule has 0 aliphatic rings. The van der Waals surface area contributed by atoms with Gasteiger partial charge in [-0.05, 0) is 44.0 Å². The van der Waals surface area contributed by atoms with Crippen LogP contribution in [-0.4, -0.2) is 19.2 Å². The zero-order chi connectivity index (χ0) is 13.5. The lowest BCUT2D eigenvalue weighted by Gasteiger charge is -2.10. The van der Waals surface area contributed by atoms with Crippen molar-refractivity contribution in [3.8, 4) is 5.75 Å². The number of carbonyl (C=O) groups excluding carboxylic acids is 1. The lowest BCUT2D eigenvalue weighted by atomic mass is 10.3. The van der Waals surface area contributed by atoms with E-state index in [0.29, 0.717) is 19.6 Å². The van der Waals surface area contributed by atoms with Crippen molar-refractivity contribution in [3.63, 3.8) is 0 Å². The fourth-order valence-corrected chi connectivity index (χ4v) is 3.62. The summed E-state index contributed by atoms with van der Waals surface area (Å²) < 4.78 is 13.1. The van der Waals surface area contributed by atoms with Crippen LogP contribution in [0.5, 0.6) is 5.75 Å². The molecule has 0 bridgehead atoms. The molecule has 1 aromatic rings. The summed E-state index contributed by atoms with van der Waals surface area (Å²) in [6.07, 6.45) is 1.76. The molecule has 18 heavy (non-hydrogen) atoms. The van der Waals surface area contributed by atoms with Crippen LogP contribution in [0.2, 0.25) is 0 Å². The molecule has 0 unspecified atom stereocenters. The normalized spacial score (nSPS) is 9.94. The average Bonchev–Trinajstić information content (AvgIpc) is 2.31. The Hall–Kier alpha value is -0.330. The number of hydrogen-bond donors (Lipinski definition) is 0. The molecular weight excluding hydrogens is 432 g/mol. The Morgan fingerprint density at radius 1 is 1.22 bits per heavy atom. The summed E-state index contributed by atoms with van der Waals surface area (Å²) in [5.41, 5.74) is 0. The molecule has 1 aromatic carbocycles. The second-order valence-corrected chi connectivity index (χ2v) is 5.90. The molecule has 0 N–H and O–H groups in total. The van der Waals surface area contributed by atoms with E-state index in [4.69, 9.17) is 9.47 Å². The van der Waals surface area contributed by atoms with E-state index < -0.39 is 5.97 Å². The second-order valence-electron chi connectivity index (χ2n) is 3.27. The van der Waals surface area contributed by atoms with Crippen molar-refractivity contribution in [2.75, 3.05) is 13.2 Å². The summed E-state index contributed by atoms with van der Waals surface area (Å²) in [7, 11) is 0. The van der Waals surface area contributed by atoms with Crippen LogP contribution in [0.4, 0.5) is 0 Å². The minimum Gasteiger partial charge on any atom is -0.491 e. The standard InChI is InChI=1S/C12H11Br3O3/c1-2-11(16)17-4-3-5-18-12-9(14)6-8(13)7-10(12)15/h2,6-7H,1,3-5H2. The highest BCUT2D eigenvalue weighted by Gasteiger charge is 2.08. The van der Waals surface area contributed by atoms with Crippen molar-refractivity contribution >= 4 is 53.8 Å². The highest BCUT2D eigenvalue weighted by atomic mass is 79.9. The summed E-state index contributed by atoms with van der Waals surface area (Å²) >= 11 is 10.2. The van der Waals surface area contributed by atoms with Gasteiger partial charge in [-0.1, -0.05) is 22.5 Å². The molecule has 98 valence electrons. The zero-order valence-electron chi connectivity index (χ0n) is 9.42. The molecule has 0 aromatic heterocycles. The van der Waals surface area contributed by atoms with Crippen molar-refractivity contribution in [3.05, 3.63) is 38.2 Å². The van der Waals surface area contributed by atoms with Crippen LogP contribution < -0.4 is 4.74 Å². The van der Waals surface area contributed by atoms with Gasteiger partial charge in [-0.25, -0.2) is 4.79 Å². The van der Waals surface area contributed by atoms with E-state index in [1.807, 2.05) is 12.1 Å². The van der Waals surface area contributed by atoms with E-state index >= 15 is 0 Å². The van der Waals surface area contributed by atoms with Gasteiger partial charge in [-0.15, -0.1) is 0 Å². The van der Waals surface area contributed by atoms with E-state index in [1.54, 1.807) is 0 Å². The van der Waals surface area contributed by atoms with Gasteiger partial charge in [-0.3, -0.25) is 0 Å². The first-order valence-electron chi connectivity index (χ1n) is 5.11. The molecule has 0 radical (unpaired) electrons. The number of hydrogen-bond acceptors (Lipinski definition) is 3. The maximum Gasteiger partial charge on any atom is 0.330 e. The first-order valence-corrected chi connectivity index (χ1v) is 7.49. The maximum atomic E-state index is 10.8. The third kappa shape index (κ3) is 5.12. The minimum atomic E-state index is -0.416. The molecule has 0 aliphatic heterocycles. The summed E-state index contributed by atoms with van der Waals surface area (Å²) in [5.74, 6) is 0.314. The largest absolute Gasteiger partial charge is 0.491 e. The molecule has 0 spiro atoms. The minimum absolute atomic E-state index is 0.316. The molecule has 0 aliphatic carbocycles. The highest BCUT2D eigenvalue weighted by Crippen LogP contribution is 2.36. The highest BCUT2D eigenvalue weighted by molar-refractivity contribution is 9.11. The average molecular weight is 443 g/mol. The summed E-state index contributed by atoms with van der Waals surface area (Å²) in [4.78, 5) is 10.8. The third-order valence-electron chi connectivity index (χ3n) is 1.91. The first-order chi connectivity index (χ1) is 8.54. The van der Waals surface area contributed by atoms with Gasteiger partial charge < -0.3 is 9.47 Å². The van der Waals surface area contributed by atoms with Crippen LogP contribution in [0.1, 0.15) is 6.42 Å². The molecule has 0 fully saturated rings. The van der Waals surface area contributed by atoms with E-state index in [9.17, 15) is 4.79 Å². The van der Waals surface area contributed by atoms with Gasteiger partial charge in [0.1, 0.15) is 5.75 Å². The van der Waals surface area contributed by atoms with Crippen LogP contribution >= 0.6 is 47.8 Å². The molecule has 1 rings (SSSR count). The number of rotatable bonds is 6. The number of halogens is 3. The van der Waals surface area contributed by atoms with Gasteiger partial charge in [0, 0.05) is 17.0 Å². The van der Waals surface area contributed by atoms with Crippen molar-refractivity contribution in [1.82, 2.24) is 0 Å². The van der Waals surface area contributed by atoms with E-state index in [-0.39, 0.29) is 0 Å². The van der Waals surface area contributed by atoms with Crippen LogP contribution in [0.15, 0.2) is 38.2 Å². The van der Waals surface area contributed by atoms with Crippen molar-refractivity contribution in [2.45, 2.75) is 6.42 Å². The van der Waals surface area contributed by atoms with Gasteiger partial charge >= 0.3 is 5.97 Å². The smallest absolute Gasteiger partial charge is 0.330 e. The molecule has 0 saturated carbocycles. The van der Waals surface area contributed by atoms with Crippen LogP contribution in [0.25, 0.3) is 0 Å². The Balaban J connectivity index is 2.40. The lowest BCUT2D eigenvalue weighted by molar-refractivity contribution is -0.137. The number of esters is 1. The Bertz CT molecular complexity index is 423. The van der Waals surface area contributed by atoms with E-state index in [0.717, 1.165) is 25.2 Å². The fraction of sp³-hybridized carbons (Fsp3) is 0.250. The molecule has 0 saturated heterocycles. The van der Waals surface area contributed by atoms with Crippen molar-refractivity contribution in [1.29, 1.82) is 0 Å². The van der Waals surface area contributed by atoms with Crippen molar-refractivity contribution in [2.24, 2.45) is 0 Å². The zero-order valence-corrected chi connectivity index (χ0v) is 14.2. The topological polar surface area (TPSA) is 35.5 Å². The molecular formula is C12H11Br3O3. The SMILES string of the molecule is C=CC(=O)OCCCOc1c(Br)cc(Br)cc1Br. The quantitative estimate of drug-likeness (QED) is 0.370. The van der Waals surface area contributed by atoms with Crippen LogP contribution in [0.3, 0.4) is 0 Å². The predicted molar refractivity (Wildman–Crippen MR) is 80.8 cm³/mol. The summed E-state index contributed by atoms with van der Waals surface area (Å²) in [6, 6.07) is 3.80.